The van der Waals surface area contributed by atoms with Crippen molar-refractivity contribution in [1.82, 2.24) is 10.2 Å². The van der Waals surface area contributed by atoms with Gasteiger partial charge in [0.2, 0.25) is 5.91 Å². The van der Waals surface area contributed by atoms with Gasteiger partial charge in [-0.1, -0.05) is 43.3 Å². The fourth-order valence-corrected chi connectivity index (χ4v) is 4.44. The van der Waals surface area contributed by atoms with Gasteiger partial charge >= 0.3 is 0 Å². The van der Waals surface area contributed by atoms with E-state index in [1.54, 1.807) is 6.07 Å². The summed E-state index contributed by atoms with van der Waals surface area (Å²) in [6.07, 6.45) is 4.57. The molecular weight excluding hydrogens is 363 g/mol. The largest absolute Gasteiger partial charge is 0.352 e. The molecule has 2 fully saturated rings. The van der Waals surface area contributed by atoms with Crippen molar-refractivity contribution in [2.75, 3.05) is 19.6 Å². The Labute approximate surface area is 173 Å². The first-order valence-corrected chi connectivity index (χ1v) is 10.9. The second-order valence-corrected chi connectivity index (χ2v) is 8.73. The van der Waals surface area contributed by atoms with Crippen LogP contribution in [-0.2, 0) is 17.8 Å². The topological polar surface area (TPSA) is 32.3 Å². The highest BCUT2D eigenvalue weighted by Gasteiger charge is 2.34. The van der Waals surface area contributed by atoms with E-state index in [2.05, 4.69) is 41.4 Å². The SMILES string of the molecule is CCc1ccc(C2CC(C(=O)NCc3cccc(F)c3)CN(CC3CC3)C2)cc1. The zero-order valence-corrected chi connectivity index (χ0v) is 17.2. The van der Waals surface area contributed by atoms with Gasteiger partial charge in [0.25, 0.3) is 0 Å². The first-order chi connectivity index (χ1) is 14.1. The van der Waals surface area contributed by atoms with Crippen LogP contribution in [0.5, 0.6) is 0 Å². The Morgan fingerprint density at radius 2 is 1.90 bits per heavy atom. The number of carbonyl (C=O) groups is 1. The van der Waals surface area contributed by atoms with E-state index in [0.29, 0.717) is 12.5 Å². The Morgan fingerprint density at radius 3 is 2.59 bits per heavy atom. The minimum Gasteiger partial charge on any atom is -0.352 e. The van der Waals surface area contributed by atoms with Crippen molar-refractivity contribution in [2.45, 2.75) is 45.1 Å². The lowest BCUT2D eigenvalue weighted by Gasteiger charge is -2.37. The van der Waals surface area contributed by atoms with Gasteiger partial charge in [-0.3, -0.25) is 4.79 Å². The molecule has 4 rings (SSSR count). The fraction of sp³-hybridized carbons (Fsp3) is 0.480. The van der Waals surface area contributed by atoms with E-state index >= 15 is 0 Å². The van der Waals surface area contributed by atoms with Gasteiger partial charge in [0.15, 0.2) is 0 Å². The molecule has 2 aromatic rings. The summed E-state index contributed by atoms with van der Waals surface area (Å²) in [5.74, 6) is 1.00. The molecule has 2 unspecified atom stereocenters. The summed E-state index contributed by atoms with van der Waals surface area (Å²) in [6, 6.07) is 15.4. The van der Waals surface area contributed by atoms with Gasteiger partial charge in [0.1, 0.15) is 5.82 Å². The monoisotopic (exact) mass is 394 g/mol. The third-order valence-electron chi connectivity index (χ3n) is 6.33. The summed E-state index contributed by atoms with van der Waals surface area (Å²) in [7, 11) is 0. The van der Waals surface area contributed by atoms with Gasteiger partial charge in [-0.2, -0.15) is 0 Å². The number of nitrogens with one attached hydrogen (secondary N) is 1. The Kier molecular flexibility index (Phi) is 6.29. The molecule has 4 heteroatoms. The molecule has 3 nitrogen and oxygen atoms in total. The number of carbonyl (C=O) groups excluding carboxylic acids is 1. The summed E-state index contributed by atoms with van der Waals surface area (Å²) in [6.45, 7) is 5.53. The molecule has 1 aliphatic heterocycles. The first-order valence-electron chi connectivity index (χ1n) is 10.9. The Morgan fingerprint density at radius 1 is 1.10 bits per heavy atom. The highest BCUT2D eigenvalue weighted by atomic mass is 19.1. The molecule has 154 valence electrons. The molecule has 0 spiro atoms. The second-order valence-electron chi connectivity index (χ2n) is 8.73. The predicted molar refractivity (Wildman–Crippen MR) is 114 cm³/mol. The van der Waals surface area contributed by atoms with Gasteiger partial charge < -0.3 is 10.2 Å². The van der Waals surface area contributed by atoms with E-state index in [4.69, 9.17) is 0 Å². The van der Waals surface area contributed by atoms with Crippen molar-refractivity contribution in [3.63, 3.8) is 0 Å². The lowest BCUT2D eigenvalue weighted by Crippen LogP contribution is -2.46. The summed E-state index contributed by atoms with van der Waals surface area (Å²) >= 11 is 0. The molecule has 1 aliphatic carbocycles. The third kappa shape index (κ3) is 5.45. The first kappa shape index (κ1) is 20.1. The maximum absolute atomic E-state index is 13.4. The van der Waals surface area contributed by atoms with Crippen LogP contribution in [0.2, 0.25) is 0 Å². The predicted octanol–water partition coefficient (Wildman–Crippen LogP) is 4.52. The number of rotatable bonds is 7. The molecule has 2 aliphatic rings. The molecule has 1 saturated heterocycles. The maximum atomic E-state index is 13.4. The standard InChI is InChI=1S/C25H31FN2O/c1-2-18-8-10-21(11-9-18)22-13-23(17-28(16-22)15-19-6-7-19)25(29)27-14-20-4-3-5-24(26)12-20/h3-5,8-12,19,22-23H,2,6-7,13-17H2,1H3,(H,27,29). The van der Waals surface area contributed by atoms with Crippen LogP contribution in [0.25, 0.3) is 0 Å². The van der Waals surface area contributed by atoms with Crippen molar-refractivity contribution in [3.05, 3.63) is 71.0 Å². The van der Waals surface area contributed by atoms with E-state index < -0.39 is 0 Å². The highest BCUT2D eigenvalue weighted by molar-refractivity contribution is 5.79. The normalized spacial score (nSPS) is 22.4. The molecule has 1 amide bonds. The maximum Gasteiger partial charge on any atom is 0.224 e. The summed E-state index contributed by atoms with van der Waals surface area (Å²) in [4.78, 5) is 15.4. The minimum atomic E-state index is -0.263. The minimum absolute atomic E-state index is 0.0214. The summed E-state index contributed by atoms with van der Waals surface area (Å²) in [5.41, 5.74) is 3.49. The van der Waals surface area contributed by atoms with Crippen molar-refractivity contribution in [3.8, 4) is 0 Å². The smallest absolute Gasteiger partial charge is 0.224 e. The van der Waals surface area contributed by atoms with E-state index in [0.717, 1.165) is 44.0 Å². The van der Waals surface area contributed by atoms with E-state index in [1.165, 1.54) is 36.1 Å². The fourth-order valence-electron chi connectivity index (χ4n) is 4.44. The number of nitrogens with zero attached hydrogens (tertiary/aromatic N) is 1. The summed E-state index contributed by atoms with van der Waals surface area (Å²) < 4.78 is 13.4. The second kappa shape index (κ2) is 9.08. The molecular formula is C25H31FN2O. The van der Waals surface area contributed by atoms with Crippen LogP contribution in [0.4, 0.5) is 4.39 Å². The number of hydrogen-bond acceptors (Lipinski definition) is 2. The Hall–Kier alpha value is -2.20. The quantitative estimate of drug-likeness (QED) is 0.749. The van der Waals surface area contributed by atoms with Crippen molar-refractivity contribution >= 4 is 5.91 Å². The average molecular weight is 395 g/mol. The van der Waals surface area contributed by atoms with Gasteiger partial charge in [-0.25, -0.2) is 4.39 Å². The zero-order chi connectivity index (χ0) is 20.2. The van der Waals surface area contributed by atoms with E-state index in [-0.39, 0.29) is 17.6 Å². The van der Waals surface area contributed by atoms with Crippen LogP contribution >= 0.6 is 0 Å². The molecule has 1 saturated carbocycles. The van der Waals surface area contributed by atoms with Gasteiger partial charge in [-0.15, -0.1) is 0 Å². The Balaban J connectivity index is 1.43. The van der Waals surface area contributed by atoms with E-state index in [9.17, 15) is 9.18 Å². The van der Waals surface area contributed by atoms with Crippen molar-refractivity contribution in [1.29, 1.82) is 0 Å². The molecule has 0 radical (unpaired) electrons. The average Bonchev–Trinajstić information content (AvgIpc) is 3.56. The molecule has 1 N–H and O–H groups in total. The molecule has 29 heavy (non-hydrogen) atoms. The number of piperidine rings is 1. The van der Waals surface area contributed by atoms with Gasteiger partial charge in [0.05, 0.1) is 5.92 Å². The zero-order valence-electron chi connectivity index (χ0n) is 17.2. The number of hydrogen-bond donors (Lipinski definition) is 1. The van der Waals surface area contributed by atoms with Crippen molar-refractivity contribution < 1.29 is 9.18 Å². The number of benzene rings is 2. The number of likely N-dealkylation sites (tertiary alicyclic amines) is 1. The van der Waals surface area contributed by atoms with Gasteiger partial charge in [-0.05, 0) is 66.3 Å². The number of aryl methyl sites for hydroxylation is 1. The highest BCUT2D eigenvalue weighted by Crippen LogP contribution is 2.35. The number of halogens is 1. The molecule has 0 aromatic heterocycles. The van der Waals surface area contributed by atoms with Crippen LogP contribution in [0.3, 0.4) is 0 Å². The third-order valence-corrected chi connectivity index (χ3v) is 6.33. The lowest BCUT2D eigenvalue weighted by atomic mass is 9.83. The molecule has 0 bridgehead atoms. The van der Waals surface area contributed by atoms with E-state index in [1.807, 2.05) is 6.07 Å². The lowest BCUT2D eigenvalue weighted by molar-refractivity contribution is -0.127. The van der Waals surface area contributed by atoms with Crippen LogP contribution < -0.4 is 5.32 Å². The van der Waals surface area contributed by atoms with Gasteiger partial charge in [0, 0.05) is 26.2 Å². The molecule has 2 aromatic carbocycles. The number of amides is 1. The van der Waals surface area contributed by atoms with Crippen LogP contribution in [0, 0.1) is 17.7 Å². The molecule has 1 heterocycles. The van der Waals surface area contributed by atoms with Crippen LogP contribution in [0.1, 0.15) is 48.8 Å². The van der Waals surface area contributed by atoms with Crippen LogP contribution in [0.15, 0.2) is 48.5 Å². The Bertz CT molecular complexity index is 831. The molecule has 2 atom stereocenters. The summed E-state index contributed by atoms with van der Waals surface area (Å²) in [5, 5.41) is 3.04. The van der Waals surface area contributed by atoms with Crippen molar-refractivity contribution in [2.24, 2.45) is 11.8 Å². The van der Waals surface area contributed by atoms with Crippen LogP contribution in [-0.4, -0.2) is 30.4 Å².